The lowest BCUT2D eigenvalue weighted by Gasteiger charge is -1.98. The van der Waals surface area contributed by atoms with Crippen molar-refractivity contribution in [2.45, 2.75) is 6.92 Å². The van der Waals surface area contributed by atoms with Crippen molar-refractivity contribution in [2.75, 3.05) is 0 Å². The van der Waals surface area contributed by atoms with Gasteiger partial charge in [0, 0.05) is 16.6 Å². The lowest BCUT2D eigenvalue weighted by Crippen LogP contribution is -2.02. The van der Waals surface area contributed by atoms with Crippen molar-refractivity contribution in [3.8, 4) is 0 Å². The zero-order chi connectivity index (χ0) is 9.97. The fourth-order valence-electron chi connectivity index (χ4n) is 1.21. The van der Waals surface area contributed by atoms with Gasteiger partial charge in [0.1, 0.15) is 5.69 Å². The second kappa shape index (κ2) is 3.72. The Bertz CT molecular complexity index is 448. The predicted molar refractivity (Wildman–Crippen MR) is 56.7 cm³/mol. The first-order valence-electron chi connectivity index (χ1n) is 4.28. The molecule has 0 N–H and O–H groups in total. The molecule has 0 fully saturated rings. The lowest BCUT2D eigenvalue weighted by molar-refractivity contribution is 0.103. The molecule has 0 atom stereocenters. The fourth-order valence-corrected chi connectivity index (χ4v) is 1.85. The van der Waals surface area contributed by atoms with Crippen LogP contribution in [0.3, 0.4) is 0 Å². The summed E-state index contributed by atoms with van der Waals surface area (Å²) in [5.74, 6) is -0.00468. The largest absolute Gasteiger partial charge is 0.287 e. The smallest absolute Gasteiger partial charge is 0.212 e. The van der Waals surface area contributed by atoms with Crippen LogP contribution in [-0.4, -0.2) is 10.8 Å². The summed E-state index contributed by atoms with van der Waals surface area (Å²) in [4.78, 5) is 16.0. The third-order valence-electron chi connectivity index (χ3n) is 1.90. The average Bonchev–Trinajstić information content (AvgIpc) is 2.69. The molecule has 3 heteroatoms. The van der Waals surface area contributed by atoms with Gasteiger partial charge >= 0.3 is 0 Å². The Morgan fingerprint density at radius 1 is 1.36 bits per heavy atom. The first-order valence-corrected chi connectivity index (χ1v) is 5.22. The number of hydrogen-bond acceptors (Lipinski definition) is 3. The van der Waals surface area contributed by atoms with Gasteiger partial charge in [0.05, 0.1) is 0 Å². The van der Waals surface area contributed by atoms with Gasteiger partial charge in [-0.05, 0) is 30.5 Å². The second-order valence-corrected chi connectivity index (χ2v) is 3.79. The van der Waals surface area contributed by atoms with Crippen LogP contribution in [0, 0.1) is 6.92 Å². The number of aromatic nitrogens is 1. The van der Waals surface area contributed by atoms with Gasteiger partial charge in [0.25, 0.3) is 0 Å². The minimum atomic E-state index is -0.00468. The number of ketones is 1. The number of pyridine rings is 1. The van der Waals surface area contributed by atoms with E-state index in [1.54, 1.807) is 6.07 Å². The number of nitrogens with zero attached hydrogens (tertiary/aromatic N) is 1. The van der Waals surface area contributed by atoms with E-state index in [9.17, 15) is 4.79 Å². The van der Waals surface area contributed by atoms with E-state index in [1.165, 1.54) is 11.3 Å². The Morgan fingerprint density at radius 2 is 2.21 bits per heavy atom. The highest BCUT2D eigenvalue weighted by Gasteiger charge is 2.09. The summed E-state index contributed by atoms with van der Waals surface area (Å²) in [6.45, 7) is 1.88. The maximum Gasteiger partial charge on any atom is 0.212 e. The molecule has 0 saturated carbocycles. The zero-order valence-electron chi connectivity index (χ0n) is 7.73. The maximum atomic E-state index is 11.8. The molecule has 0 radical (unpaired) electrons. The van der Waals surface area contributed by atoms with Crippen LogP contribution in [-0.2, 0) is 0 Å². The third kappa shape index (κ3) is 1.72. The van der Waals surface area contributed by atoms with Crippen LogP contribution in [0.15, 0.2) is 35.0 Å². The van der Waals surface area contributed by atoms with Gasteiger partial charge in [-0.25, -0.2) is 4.98 Å². The van der Waals surface area contributed by atoms with E-state index < -0.39 is 0 Å². The number of rotatable bonds is 2. The first kappa shape index (κ1) is 9.09. The van der Waals surface area contributed by atoms with Crippen LogP contribution in [0.2, 0.25) is 0 Å². The van der Waals surface area contributed by atoms with Crippen LogP contribution in [0.5, 0.6) is 0 Å². The molecule has 14 heavy (non-hydrogen) atoms. The van der Waals surface area contributed by atoms with E-state index in [0.29, 0.717) is 11.3 Å². The minimum Gasteiger partial charge on any atom is -0.287 e. The van der Waals surface area contributed by atoms with Crippen LogP contribution in [0.1, 0.15) is 21.7 Å². The molecule has 0 aromatic carbocycles. The standard InChI is InChI=1S/C11H9NOS/c1-8-3-2-4-10(12-8)11(13)9-5-6-14-7-9/h2-7H,1H3. The summed E-state index contributed by atoms with van der Waals surface area (Å²) < 4.78 is 0. The Morgan fingerprint density at radius 3 is 2.86 bits per heavy atom. The summed E-state index contributed by atoms with van der Waals surface area (Å²) >= 11 is 1.52. The molecule has 0 bridgehead atoms. The molecule has 0 aliphatic heterocycles. The summed E-state index contributed by atoms with van der Waals surface area (Å²) in [6, 6.07) is 7.29. The highest BCUT2D eigenvalue weighted by Crippen LogP contribution is 2.11. The normalized spacial score (nSPS) is 10.1. The van der Waals surface area contributed by atoms with E-state index in [1.807, 2.05) is 35.9 Å². The molecule has 70 valence electrons. The van der Waals surface area contributed by atoms with Crippen molar-refractivity contribution in [1.82, 2.24) is 4.98 Å². The number of carbonyl (C=O) groups excluding carboxylic acids is 1. The molecule has 2 heterocycles. The second-order valence-electron chi connectivity index (χ2n) is 3.01. The van der Waals surface area contributed by atoms with Crippen molar-refractivity contribution in [3.63, 3.8) is 0 Å². The maximum absolute atomic E-state index is 11.8. The number of hydrogen-bond donors (Lipinski definition) is 0. The highest BCUT2D eigenvalue weighted by molar-refractivity contribution is 7.08. The van der Waals surface area contributed by atoms with Gasteiger partial charge < -0.3 is 0 Å². The summed E-state index contributed by atoms with van der Waals surface area (Å²) in [5, 5.41) is 3.73. The topological polar surface area (TPSA) is 30.0 Å². The van der Waals surface area contributed by atoms with Gasteiger partial charge in [0.15, 0.2) is 0 Å². The first-order chi connectivity index (χ1) is 6.77. The van der Waals surface area contributed by atoms with E-state index in [-0.39, 0.29) is 5.78 Å². The molecule has 0 aliphatic rings. The summed E-state index contributed by atoms with van der Waals surface area (Å²) in [5.41, 5.74) is 2.10. The Balaban J connectivity index is 2.37. The average molecular weight is 203 g/mol. The van der Waals surface area contributed by atoms with Crippen LogP contribution in [0.4, 0.5) is 0 Å². The van der Waals surface area contributed by atoms with Crippen LogP contribution < -0.4 is 0 Å². The van der Waals surface area contributed by atoms with Crippen molar-refractivity contribution < 1.29 is 4.79 Å². The Kier molecular flexibility index (Phi) is 2.41. The molecule has 2 aromatic rings. The SMILES string of the molecule is Cc1cccc(C(=O)c2ccsc2)n1. The highest BCUT2D eigenvalue weighted by atomic mass is 32.1. The number of thiophene rings is 1. The predicted octanol–water partition coefficient (Wildman–Crippen LogP) is 2.68. The minimum absolute atomic E-state index is 0.00468. The van der Waals surface area contributed by atoms with E-state index >= 15 is 0 Å². The quantitative estimate of drug-likeness (QED) is 0.702. The molecule has 0 spiro atoms. The molecule has 0 aliphatic carbocycles. The third-order valence-corrected chi connectivity index (χ3v) is 2.59. The molecule has 2 nitrogen and oxygen atoms in total. The molecule has 0 unspecified atom stereocenters. The van der Waals surface area contributed by atoms with Gasteiger partial charge in [-0.1, -0.05) is 6.07 Å². The number of aryl methyl sites for hydroxylation is 1. The van der Waals surface area contributed by atoms with E-state index in [0.717, 1.165) is 5.69 Å². The van der Waals surface area contributed by atoms with Gasteiger partial charge in [0.2, 0.25) is 5.78 Å². The van der Waals surface area contributed by atoms with Crippen LogP contribution in [0.25, 0.3) is 0 Å². The van der Waals surface area contributed by atoms with Crippen molar-refractivity contribution in [3.05, 3.63) is 52.0 Å². The van der Waals surface area contributed by atoms with Gasteiger partial charge in [-0.2, -0.15) is 11.3 Å². The molecule has 2 rings (SSSR count). The van der Waals surface area contributed by atoms with E-state index in [4.69, 9.17) is 0 Å². The van der Waals surface area contributed by atoms with Crippen LogP contribution >= 0.6 is 11.3 Å². The lowest BCUT2D eigenvalue weighted by atomic mass is 10.1. The summed E-state index contributed by atoms with van der Waals surface area (Å²) in [7, 11) is 0. The fraction of sp³-hybridized carbons (Fsp3) is 0.0909. The molecule has 0 saturated heterocycles. The van der Waals surface area contributed by atoms with Crippen molar-refractivity contribution in [2.24, 2.45) is 0 Å². The zero-order valence-corrected chi connectivity index (χ0v) is 8.54. The molecular formula is C11H9NOS. The molecule has 0 amide bonds. The van der Waals surface area contributed by atoms with Crippen molar-refractivity contribution >= 4 is 17.1 Å². The summed E-state index contributed by atoms with van der Waals surface area (Å²) in [6.07, 6.45) is 0. The van der Waals surface area contributed by atoms with Crippen molar-refractivity contribution in [1.29, 1.82) is 0 Å². The Hall–Kier alpha value is -1.48. The Labute approximate surface area is 86.2 Å². The monoisotopic (exact) mass is 203 g/mol. The van der Waals surface area contributed by atoms with Gasteiger partial charge in [-0.3, -0.25) is 4.79 Å². The number of carbonyl (C=O) groups is 1. The van der Waals surface area contributed by atoms with Gasteiger partial charge in [-0.15, -0.1) is 0 Å². The van der Waals surface area contributed by atoms with E-state index in [2.05, 4.69) is 4.98 Å². The molecular weight excluding hydrogens is 194 g/mol. The molecule has 2 aromatic heterocycles.